The molecular formula is C16H14Cl2FNO. The minimum absolute atomic E-state index is 0.0758. The molecule has 0 aliphatic carbocycles. The number of nitrogens with one attached hydrogen (secondary N) is 1. The Morgan fingerprint density at radius 3 is 2.52 bits per heavy atom. The van der Waals surface area contributed by atoms with E-state index >= 15 is 0 Å². The van der Waals surface area contributed by atoms with Crippen LogP contribution in [0.15, 0.2) is 48.5 Å². The van der Waals surface area contributed by atoms with Crippen LogP contribution in [-0.2, 0) is 6.42 Å². The highest BCUT2D eigenvalue weighted by molar-refractivity contribution is 6.31. The van der Waals surface area contributed by atoms with Crippen LogP contribution in [0, 0.1) is 5.82 Å². The van der Waals surface area contributed by atoms with Crippen molar-refractivity contribution in [2.75, 3.05) is 5.88 Å². The smallest absolute Gasteiger partial charge is 0.251 e. The quantitative estimate of drug-likeness (QED) is 0.825. The molecule has 0 saturated carbocycles. The van der Waals surface area contributed by atoms with Gasteiger partial charge in [-0.05, 0) is 30.2 Å². The molecule has 0 saturated heterocycles. The van der Waals surface area contributed by atoms with Crippen LogP contribution in [0.25, 0.3) is 0 Å². The zero-order valence-electron chi connectivity index (χ0n) is 11.2. The summed E-state index contributed by atoms with van der Waals surface area (Å²) in [4.78, 5) is 12.1. The molecule has 2 nitrogen and oxygen atoms in total. The predicted molar refractivity (Wildman–Crippen MR) is 83.5 cm³/mol. The van der Waals surface area contributed by atoms with Crippen LogP contribution in [-0.4, -0.2) is 17.8 Å². The van der Waals surface area contributed by atoms with Crippen LogP contribution in [0.5, 0.6) is 0 Å². The molecule has 21 heavy (non-hydrogen) atoms. The van der Waals surface area contributed by atoms with Crippen LogP contribution in [0.3, 0.4) is 0 Å². The standard InChI is InChI=1S/C16H14Cl2FNO/c17-10-13(8-11-4-2-1-3-5-11)20-16(21)12-6-7-15(19)14(18)9-12/h1-7,9,13H,8,10H2,(H,20,21). The molecule has 0 aliphatic heterocycles. The van der Waals surface area contributed by atoms with Crippen molar-refractivity contribution in [1.29, 1.82) is 0 Å². The summed E-state index contributed by atoms with van der Waals surface area (Å²) in [5.74, 6) is -0.583. The number of hydrogen-bond donors (Lipinski definition) is 1. The number of benzene rings is 2. The first-order chi connectivity index (χ1) is 10.1. The molecule has 0 aliphatic rings. The zero-order valence-corrected chi connectivity index (χ0v) is 12.7. The third kappa shape index (κ3) is 4.45. The van der Waals surface area contributed by atoms with Gasteiger partial charge in [-0.3, -0.25) is 4.79 Å². The van der Waals surface area contributed by atoms with Crippen LogP contribution < -0.4 is 5.32 Å². The van der Waals surface area contributed by atoms with E-state index in [-0.39, 0.29) is 22.9 Å². The van der Waals surface area contributed by atoms with Crippen molar-refractivity contribution in [1.82, 2.24) is 5.32 Å². The van der Waals surface area contributed by atoms with E-state index in [0.29, 0.717) is 12.0 Å². The zero-order chi connectivity index (χ0) is 15.2. The molecule has 1 N–H and O–H groups in total. The maximum atomic E-state index is 13.1. The van der Waals surface area contributed by atoms with E-state index in [1.54, 1.807) is 0 Å². The van der Waals surface area contributed by atoms with Crippen molar-refractivity contribution < 1.29 is 9.18 Å². The molecule has 5 heteroatoms. The third-order valence-corrected chi connectivity index (χ3v) is 3.69. The monoisotopic (exact) mass is 325 g/mol. The van der Waals surface area contributed by atoms with Crippen LogP contribution >= 0.6 is 23.2 Å². The van der Waals surface area contributed by atoms with E-state index < -0.39 is 5.82 Å². The van der Waals surface area contributed by atoms with Gasteiger partial charge in [-0.2, -0.15) is 0 Å². The predicted octanol–water partition coefficient (Wildman–Crippen LogP) is 4.06. The Bertz CT molecular complexity index is 619. The molecule has 1 unspecified atom stereocenters. The lowest BCUT2D eigenvalue weighted by atomic mass is 10.1. The van der Waals surface area contributed by atoms with Gasteiger partial charge in [-0.15, -0.1) is 11.6 Å². The first-order valence-electron chi connectivity index (χ1n) is 6.46. The van der Waals surface area contributed by atoms with Crippen molar-refractivity contribution in [2.24, 2.45) is 0 Å². The highest BCUT2D eigenvalue weighted by Gasteiger charge is 2.14. The molecule has 0 radical (unpaired) electrons. The van der Waals surface area contributed by atoms with Gasteiger partial charge >= 0.3 is 0 Å². The fourth-order valence-electron chi connectivity index (χ4n) is 1.95. The summed E-state index contributed by atoms with van der Waals surface area (Å²) in [6.45, 7) is 0. The maximum absolute atomic E-state index is 13.1. The van der Waals surface area contributed by atoms with Gasteiger partial charge in [0, 0.05) is 17.5 Å². The van der Waals surface area contributed by atoms with Gasteiger partial charge in [-0.1, -0.05) is 41.9 Å². The van der Waals surface area contributed by atoms with Gasteiger partial charge in [0.05, 0.1) is 5.02 Å². The van der Waals surface area contributed by atoms with Gasteiger partial charge in [0.15, 0.2) is 0 Å². The Morgan fingerprint density at radius 2 is 1.90 bits per heavy atom. The molecule has 110 valence electrons. The third-order valence-electron chi connectivity index (χ3n) is 3.03. The summed E-state index contributed by atoms with van der Waals surface area (Å²) in [5, 5.41) is 2.75. The lowest BCUT2D eigenvalue weighted by molar-refractivity contribution is 0.0940. The normalized spacial score (nSPS) is 12.0. The minimum Gasteiger partial charge on any atom is -0.348 e. The highest BCUT2D eigenvalue weighted by atomic mass is 35.5. The van der Waals surface area contributed by atoms with E-state index in [1.807, 2.05) is 30.3 Å². The Hall–Kier alpha value is -1.58. The number of carbonyl (C=O) groups excluding carboxylic acids is 1. The van der Waals surface area contributed by atoms with Gasteiger partial charge < -0.3 is 5.32 Å². The molecule has 0 fully saturated rings. The number of amides is 1. The number of alkyl halides is 1. The molecule has 2 aromatic rings. The number of carbonyl (C=O) groups is 1. The summed E-state index contributed by atoms with van der Waals surface area (Å²) in [7, 11) is 0. The minimum atomic E-state index is -0.550. The van der Waals surface area contributed by atoms with Crippen molar-refractivity contribution in [3.8, 4) is 0 Å². The summed E-state index contributed by atoms with van der Waals surface area (Å²) >= 11 is 11.6. The first kappa shape index (κ1) is 15.8. The second-order valence-electron chi connectivity index (χ2n) is 4.64. The first-order valence-corrected chi connectivity index (χ1v) is 7.37. The summed E-state index contributed by atoms with van der Waals surface area (Å²) in [6, 6.07) is 13.4. The van der Waals surface area contributed by atoms with E-state index in [9.17, 15) is 9.18 Å². The number of hydrogen-bond acceptors (Lipinski definition) is 1. The van der Waals surface area contributed by atoms with Gasteiger partial charge in [-0.25, -0.2) is 4.39 Å². The fraction of sp³-hybridized carbons (Fsp3) is 0.188. The van der Waals surface area contributed by atoms with Gasteiger partial charge in [0.25, 0.3) is 5.91 Å². The van der Waals surface area contributed by atoms with Gasteiger partial charge in [0.1, 0.15) is 5.82 Å². The van der Waals surface area contributed by atoms with Crippen molar-refractivity contribution in [3.63, 3.8) is 0 Å². The largest absolute Gasteiger partial charge is 0.348 e. The average Bonchev–Trinajstić information content (AvgIpc) is 2.50. The molecule has 1 atom stereocenters. The molecule has 2 rings (SSSR count). The Morgan fingerprint density at radius 1 is 1.19 bits per heavy atom. The lowest BCUT2D eigenvalue weighted by Crippen LogP contribution is -2.37. The van der Waals surface area contributed by atoms with E-state index in [1.165, 1.54) is 18.2 Å². The molecule has 1 amide bonds. The lowest BCUT2D eigenvalue weighted by Gasteiger charge is -2.16. The second-order valence-corrected chi connectivity index (χ2v) is 5.36. The van der Waals surface area contributed by atoms with E-state index in [4.69, 9.17) is 23.2 Å². The Kier molecular flexibility index (Phi) is 5.59. The summed E-state index contributed by atoms with van der Waals surface area (Å²) < 4.78 is 13.1. The molecular weight excluding hydrogens is 312 g/mol. The molecule has 0 heterocycles. The highest BCUT2D eigenvalue weighted by Crippen LogP contribution is 2.16. The maximum Gasteiger partial charge on any atom is 0.251 e. The second kappa shape index (κ2) is 7.43. The molecule has 2 aromatic carbocycles. The van der Waals surface area contributed by atoms with Crippen molar-refractivity contribution in [3.05, 3.63) is 70.5 Å². The molecule has 0 bridgehead atoms. The van der Waals surface area contributed by atoms with Crippen LogP contribution in [0.4, 0.5) is 4.39 Å². The Labute approximate surface area is 132 Å². The summed E-state index contributed by atoms with van der Waals surface area (Å²) in [6.07, 6.45) is 0.630. The van der Waals surface area contributed by atoms with E-state index in [2.05, 4.69) is 5.32 Å². The molecule has 0 spiro atoms. The Balaban J connectivity index is 2.04. The van der Waals surface area contributed by atoms with Crippen LogP contribution in [0.2, 0.25) is 5.02 Å². The fourth-order valence-corrected chi connectivity index (χ4v) is 2.32. The topological polar surface area (TPSA) is 29.1 Å². The summed E-state index contributed by atoms with van der Waals surface area (Å²) in [5.41, 5.74) is 1.39. The number of rotatable bonds is 5. The average molecular weight is 326 g/mol. The molecule has 0 aromatic heterocycles. The number of halogens is 3. The SMILES string of the molecule is O=C(NC(CCl)Cc1ccccc1)c1ccc(F)c(Cl)c1. The van der Waals surface area contributed by atoms with E-state index in [0.717, 1.165) is 5.56 Å². The van der Waals surface area contributed by atoms with Crippen molar-refractivity contribution >= 4 is 29.1 Å². The van der Waals surface area contributed by atoms with Gasteiger partial charge in [0.2, 0.25) is 0 Å². The van der Waals surface area contributed by atoms with Crippen molar-refractivity contribution in [2.45, 2.75) is 12.5 Å². The van der Waals surface area contributed by atoms with Crippen LogP contribution in [0.1, 0.15) is 15.9 Å².